The highest BCUT2D eigenvalue weighted by Crippen LogP contribution is 2.33. The Kier molecular flexibility index (Phi) is 5.91. The van der Waals surface area contributed by atoms with Crippen molar-refractivity contribution >= 4 is 28.6 Å². The van der Waals surface area contributed by atoms with Crippen molar-refractivity contribution in [1.82, 2.24) is 9.88 Å². The molecular formula is C21H22N2O2S. The molecular weight excluding hydrogens is 344 g/mol. The zero-order valence-corrected chi connectivity index (χ0v) is 16.0. The van der Waals surface area contributed by atoms with E-state index in [1.807, 2.05) is 30.3 Å². The summed E-state index contributed by atoms with van der Waals surface area (Å²) in [5, 5.41) is 2.12. The van der Waals surface area contributed by atoms with Gasteiger partial charge in [0.15, 0.2) is 0 Å². The third-order valence-electron chi connectivity index (χ3n) is 4.08. The summed E-state index contributed by atoms with van der Waals surface area (Å²) in [5.74, 6) is 0.639. The molecule has 0 spiro atoms. The molecule has 0 radical (unpaired) electrons. The minimum atomic E-state index is -0.325. The van der Waals surface area contributed by atoms with Gasteiger partial charge < -0.3 is 9.64 Å². The molecule has 26 heavy (non-hydrogen) atoms. The molecule has 1 aromatic heterocycles. The number of thioether (sulfide) groups is 1. The number of benzene rings is 2. The van der Waals surface area contributed by atoms with Gasteiger partial charge in [0.2, 0.25) is 0 Å². The summed E-state index contributed by atoms with van der Waals surface area (Å²) in [6, 6.07) is 17.8. The van der Waals surface area contributed by atoms with E-state index in [4.69, 9.17) is 9.72 Å². The van der Waals surface area contributed by atoms with E-state index in [1.165, 1.54) is 7.11 Å². The fourth-order valence-electron chi connectivity index (χ4n) is 2.64. The summed E-state index contributed by atoms with van der Waals surface area (Å²) in [6.45, 7) is 0.986. The molecule has 1 heterocycles. The molecule has 5 heteroatoms. The second-order valence-electron chi connectivity index (χ2n) is 6.25. The van der Waals surface area contributed by atoms with E-state index >= 15 is 0 Å². The van der Waals surface area contributed by atoms with Crippen LogP contribution in [-0.4, -0.2) is 49.4 Å². The van der Waals surface area contributed by atoms with Gasteiger partial charge in [-0.05, 0) is 43.9 Å². The maximum absolute atomic E-state index is 11.7. The number of carbonyl (C=O) groups excluding carboxylic acids is 1. The van der Waals surface area contributed by atoms with Gasteiger partial charge in [0.25, 0.3) is 0 Å². The number of nitrogens with zero attached hydrogens (tertiary/aromatic N) is 2. The Morgan fingerprint density at radius 3 is 2.54 bits per heavy atom. The molecule has 0 N–H and O–H groups in total. The molecule has 2 aromatic carbocycles. The number of methoxy groups -OCH3 is 1. The summed E-state index contributed by atoms with van der Waals surface area (Å²) in [4.78, 5) is 18.7. The van der Waals surface area contributed by atoms with Crippen molar-refractivity contribution in [2.24, 2.45) is 0 Å². The molecule has 0 atom stereocenters. The lowest BCUT2D eigenvalue weighted by Crippen LogP contribution is -2.14. The Bertz CT molecular complexity index is 908. The molecule has 0 amide bonds. The minimum Gasteiger partial charge on any atom is -0.465 e. The number of esters is 1. The van der Waals surface area contributed by atoms with E-state index < -0.39 is 0 Å². The Morgan fingerprint density at radius 1 is 1.12 bits per heavy atom. The lowest BCUT2D eigenvalue weighted by atomic mass is 10.0. The van der Waals surface area contributed by atoms with Crippen LogP contribution in [0.5, 0.6) is 0 Å². The highest BCUT2D eigenvalue weighted by atomic mass is 32.2. The van der Waals surface area contributed by atoms with E-state index in [9.17, 15) is 4.79 Å². The average Bonchev–Trinajstić information content (AvgIpc) is 2.66. The van der Waals surface area contributed by atoms with Gasteiger partial charge in [-0.25, -0.2) is 9.78 Å². The summed E-state index contributed by atoms with van der Waals surface area (Å²) in [6.07, 6.45) is 0. The number of rotatable bonds is 6. The monoisotopic (exact) mass is 366 g/mol. The first-order valence-electron chi connectivity index (χ1n) is 8.44. The number of fused-ring (bicyclic) bond motifs is 1. The molecule has 0 saturated heterocycles. The van der Waals surface area contributed by atoms with Crippen LogP contribution < -0.4 is 0 Å². The molecule has 0 aliphatic carbocycles. The van der Waals surface area contributed by atoms with E-state index in [0.29, 0.717) is 5.56 Å². The third-order valence-corrected chi connectivity index (χ3v) is 5.05. The number of pyridine rings is 1. The van der Waals surface area contributed by atoms with Crippen LogP contribution >= 0.6 is 11.8 Å². The fraction of sp³-hybridized carbons (Fsp3) is 0.238. The topological polar surface area (TPSA) is 42.4 Å². The van der Waals surface area contributed by atoms with Crippen molar-refractivity contribution in [3.05, 3.63) is 60.2 Å². The molecule has 0 aliphatic heterocycles. The summed E-state index contributed by atoms with van der Waals surface area (Å²) < 4.78 is 4.78. The predicted octanol–water partition coefficient (Wildman–Crippen LogP) is 4.34. The van der Waals surface area contributed by atoms with Crippen LogP contribution in [0.1, 0.15) is 10.4 Å². The van der Waals surface area contributed by atoms with Gasteiger partial charge in [-0.2, -0.15) is 0 Å². The van der Waals surface area contributed by atoms with Crippen LogP contribution in [0, 0.1) is 0 Å². The van der Waals surface area contributed by atoms with E-state index in [-0.39, 0.29) is 5.97 Å². The lowest BCUT2D eigenvalue weighted by Gasteiger charge is -2.13. The van der Waals surface area contributed by atoms with Crippen molar-refractivity contribution in [2.45, 2.75) is 5.03 Å². The molecule has 3 rings (SSSR count). The Labute approximate surface area is 158 Å². The quantitative estimate of drug-likeness (QED) is 0.479. The van der Waals surface area contributed by atoms with Crippen LogP contribution in [0.2, 0.25) is 0 Å². The number of carbonyl (C=O) groups is 1. The predicted molar refractivity (Wildman–Crippen MR) is 108 cm³/mol. The second kappa shape index (κ2) is 8.34. The lowest BCUT2D eigenvalue weighted by molar-refractivity contribution is 0.0601. The van der Waals surface area contributed by atoms with Crippen molar-refractivity contribution in [3.8, 4) is 11.1 Å². The summed E-state index contributed by atoms with van der Waals surface area (Å²) in [5.41, 5.74) is 3.67. The maximum atomic E-state index is 11.7. The van der Waals surface area contributed by atoms with Crippen molar-refractivity contribution in [2.75, 3.05) is 33.5 Å². The number of ether oxygens (including phenoxy) is 1. The standard InChI is InChI=1S/C21H22N2O2S/c1-23(2)12-13-26-20-18(14-17-6-4-5-7-19(17)22-20)15-8-10-16(11-9-15)21(24)25-3/h4-11,14H,12-13H2,1-3H3. The normalized spacial score (nSPS) is 11.1. The van der Waals surface area contributed by atoms with E-state index in [2.05, 4.69) is 31.1 Å². The summed E-state index contributed by atoms with van der Waals surface area (Å²) >= 11 is 1.76. The van der Waals surface area contributed by atoms with Crippen molar-refractivity contribution < 1.29 is 9.53 Å². The molecule has 0 aliphatic rings. The average molecular weight is 366 g/mol. The highest BCUT2D eigenvalue weighted by Gasteiger charge is 2.12. The van der Waals surface area contributed by atoms with Crippen LogP contribution in [-0.2, 0) is 4.74 Å². The number of aromatic nitrogens is 1. The first-order chi connectivity index (χ1) is 12.6. The van der Waals surface area contributed by atoms with Crippen LogP contribution in [0.4, 0.5) is 0 Å². The zero-order chi connectivity index (χ0) is 18.5. The van der Waals surface area contributed by atoms with Gasteiger partial charge in [0, 0.05) is 23.2 Å². The van der Waals surface area contributed by atoms with Gasteiger partial charge in [0.1, 0.15) is 5.03 Å². The SMILES string of the molecule is COC(=O)c1ccc(-c2cc3ccccc3nc2SCCN(C)C)cc1. The maximum Gasteiger partial charge on any atom is 0.337 e. The first kappa shape index (κ1) is 18.4. The number of para-hydroxylation sites is 1. The van der Waals surface area contributed by atoms with Gasteiger partial charge in [-0.3, -0.25) is 0 Å². The molecule has 0 bridgehead atoms. The molecule has 0 saturated carbocycles. The zero-order valence-electron chi connectivity index (χ0n) is 15.2. The van der Waals surface area contributed by atoms with Gasteiger partial charge >= 0.3 is 5.97 Å². The van der Waals surface area contributed by atoms with Crippen LogP contribution in [0.3, 0.4) is 0 Å². The van der Waals surface area contributed by atoms with Gasteiger partial charge in [-0.15, -0.1) is 11.8 Å². The molecule has 3 aromatic rings. The van der Waals surface area contributed by atoms with Crippen molar-refractivity contribution in [1.29, 1.82) is 0 Å². The van der Waals surface area contributed by atoms with E-state index in [1.54, 1.807) is 23.9 Å². The summed E-state index contributed by atoms with van der Waals surface area (Å²) in [7, 11) is 5.53. The fourth-order valence-corrected chi connectivity index (χ4v) is 3.79. The molecule has 134 valence electrons. The first-order valence-corrected chi connectivity index (χ1v) is 9.43. The van der Waals surface area contributed by atoms with Gasteiger partial charge in [-0.1, -0.05) is 30.3 Å². The molecule has 0 unspecified atom stereocenters. The molecule has 0 fully saturated rings. The second-order valence-corrected chi connectivity index (χ2v) is 7.34. The Balaban J connectivity index is 2.00. The van der Waals surface area contributed by atoms with E-state index in [0.717, 1.165) is 39.4 Å². The van der Waals surface area contributed by atoms with Crippen molar-refractivity contribution in [3.63, 3.8) is 0 Å². The smallest absolute Gasteiger partial charge is 0.337 e. The van der Waals surface area contributed by atoms with Crippen LogP contribution in [0.25, 0.3) is 22.0 Å². The minimum absolute atomic E-state index is 0.325. The van der Waals surface area contributed by atoms with Crippen LogP contribution in [0.15, 0.2) is 59.6 Å². The number of hydrogen-bond donors (Lipinski definition) is 0. The highest BCUT2D eigenvalue weighted by molar-refractivity contribution is 7.99. The molecule has 4 nitrogen and oxygen atoms in total. The third kappa shape index (κ3) is 4.23. The van der Waals surface area contributed by atoms with Gasteiger partial charge in [0.05, 0.1) is 18.2 Å². The Hall–Kier alpha value is -2.37. The number of hydrogen-bond acceptors (Lipinski definition) is 5. The largest absolute Gasteiger partial charge is 0.465 e. The Morgan fingerprint density at radius 2 is 1.85 bits per heavy atom.